The molecule has 0 bridgehead atoms. The molecule has 1 amide bonds. The Labute approximate surface area is 178 Å². The van der Waals surface area contributed by atoms with E-state index < -0.39 is 10.9 Å². The number of hydrogen-bond donors (Lipinski definition) is 2. The van der Waals surface area contributed by atoms with E-state index in [9.17, 15) is 18.8 Å². The minimum absolute atomic E-state index is 0.329. The van der Waals surface area contributed by atoms with E-state index in [1.807, 2.05) is 4.90 Å². The number of morpholine rings is 1. The van der Waals surface area contributed by atoms with Crippen molar-refractivity contribution in [1.82, 2.24) is 0 Å². The third-order valence-electron chi connectivity index (χ3n) is 5.33. The lowest BCUT2D eigenvalue weighted by Crippen LogP contribution is -2.46. The van der Waals surface area contributed by atoms with Gasteiger partial charge in [-0.05, 0) is 42.3 Å². The van der Waals surface area contributed by atoms with Crippen molar-refractivity contribution in [3.05, 3.63) is 85.4 Å². The first-order valence-corrected chi connectivity index (χ1v) is 10.0. The average molecular weight is 423 g/mol. The number of halogens is 1. The highest BCUT2D eigenvalue weighted by Gasteiger charge is 2.26. The maximum atomic E-state index is 13.7. The van der Waals surface area contributed by atoms with Gasteiger partial charge in [0, 0.05) is 30.9 Å². The number of hydrogen-bond acceptors (Lipinski definition) is 6. The first kappa shape index (κ1) is 20.7. The Morgan fingerprint density at radius 1 is 1.06 bits per heavy atom. The van der Waals surface area contributed by atoms with Crippen LogP contribution < -0.4 is 26.4 Å². The second-order valence-electron chi connectivity index (χ2n) is 7.45. The second kappa shape index (κ2) is 8.69. The number of nitrogens with zero attached hydrogens (tertiary/aromatic N) is 1. The van der Waals surface area contributed by atoms with Crippen LogP contribution in [0.15, 0.2) is 52.1 Å². The Morgan fingerprint density at radius 3 is 2.45 bits per heavy atom. The second-order valence-corrected chi connectivity index (χ2v) is 7.45. The predicted molar refractivity (Wildman–Crippen MR) is 117 cm³/mol. The molecule has 1 saturated heterocycles. The highest BCUT2D eigenvalue weighted by atomic mass is 19.1. The minimum Gasteiger partial charge on any atom is -0.378 e. The molecule has 0 atom stereocenters. The molecule has 0 aromatic heterocycles. The summed E-state index contributed by atoms with van der Waals surface area (Å²) in [7, 11) is 0. The van der Waals surface area contributed by atoms with Crippen molar-refractivity contribution < 1.29 is 13.9 Å². The van der Waals surface area contributed by atoms with Gasteiger partial charge in [0.1, 0.15) is 17.2 Å². The lowest BCUT2D eigenvalue weighted by molar-refractivity contribution is 0.102. The van der Waals surface area contributed by atoms with E-state index in [1.54, 1.807) is 43.3 Å². The Bertz CT molecular complexity index is 1180. The number of rotatable bonds is 6. The molecule has 2 N–H and O–H groups in total. The van der Waals surface area contributed by atoms with Gasteiger partial charge >= 0.3 is 0 Å². The molecule has 0 radical (unpaired) electrons. The van der Waals surface area contributed by atoms with Crippen LogP contribution in [0.4, 0.5) is 21.5 Å². The molecule has 3 aromatic rings. The molecule has 0 aliphatic carbocycles. The van der Waals surface area contributed by atoms with Crippen LogP contribution in [-0.4, -0.2) is 32.2 Å². The van der Waals surface area contributed by atoms with Crippen LogP contribution in [0.1, 0.15) is 21.5 Å². The van der Waals surface area contributed by atoms with Crippen LogP contribution >= 0.6 is 0 Å². The van der Waals surface area contributed by atoms with Crippen LogP contribution in [0.2, 0.25) is 0 Å². The van der Waals surface area contributed by atoms with Crippen molar-refractivity contribution in [1.29, 1.82) is 0 Å². The quantitative estimate of drug-likeness (QED) is 0.592. The Hall–Kier alpha value is -3.52. The summed E-state index contributed by atoms with van der Waals surface area (Å²) in [5.74, 6) is -0.728. The highest BCUT2D eigenvalue weighted by molar-refractivity contribution is 6.04. The zero-order valence-electron chi connectivity index (χ0n) is 17.0. The van der Waals surface area contributed by atoms with Crippen molar-refractivity contribution in [2.24, 2.45) is 0 Å². The van der Waals surface area contributed by atoms with Crippen LogP contribution in [0.3, 0.4) is 0 Å². The summed E-state index contributed by atoms with van der Waals surface area (Å²) >= 11 is 0. The summed E-state index contributed by atoms with van der Waals surface area (Å²) in [6.07, 6.45) is 0. The van der Waals surface area contributed by atoms with Gasteiger partial charge in [0.25, 0.3) is 16.8 Å². The van der Waals surface area contributed by atoms with Gasteiger partial charge in [0.05, 0.1) is 13.2 Å². The molecule has 1 aliphatic heterocycles. The third-order valence-corrected chi connectivity index (χ3v) is 5.33. The highest BCUT2D eigenvalue weighted by Crippen LogP contribution is 2.22. The van der Waals surface area contributed by atoms with Gasteiger partial charge in [0.2, 0.25) is 0 Å². The number of aryl methyl sites for hydroxylation is 1. The predicted octanol–water partition coefficient (Wildman–Crippen LogP) is 2.43. The van der Waals surface area contributed by atoms with E-state index in [0.717, 1.165) is 5.56 Å². The van der Waals surface area contributed by atoms with Crippen molar-refractivity contribution >= 4 is 23.0 Å². The topological polar surface area (TPSA) is 87.7 Å². The van der Waals surface area contributed by atoms with Gasteiger partial charge in [0.15, 0.2) is 0 Å². The van der Waals surface area contributed by atoms with E-state index in [1.165, 1.54) is 6.07 Å². The van der Waals surface area contributed by atoms with Crippen molar-refractivity contribution in [2.45, 2.75) is 13.5 Å². The fourth-order valence-electron chi connectivity index (χ4n) is 3.47. The van der Waals surface area contributed by atoms with Gasteiger partial charge in [-0.2, -0.15) is 0 Å². The lowest BCUT2D eigenvalue weighted by Gasteiger charge is -2.30. The Morgan fingerprint density at radius 2 is 1.77 bits per heavy atom. The van der Waals surface area contributed by atoms with Crippen LogP contribution in [0.5, 0.6) is 0 Å². The van der Waals surface area contributed by atoms with Crippen LogP contribution in [0, 0.1) is 12.7 Å². The number of amides is 1. The zero-order valence-corrected chi connectivity index (χ0v) is 17.0. The molecule has 160 valence electrons. The summed E-state index contributed by atoms with van der Waals surface area (Å²) in [6, 6.07) is 11.4. The molecule has 31 heavy (non-hydrogen) atoms. The van der Waals surface area contributed by atoms with Crippen molar-refractivity contribution in [3.63, 3.8) is 0 Å². The lowest BCUT2D eigenvalue weighted by atomic mass is 10.1. The van der Waals surface area contributed by atoms with E-state index in [2.05, 4.69) is 10.6 Å². The largest absolute Gasteiger partial charge is 0.378 e. The third kappa shape index (κ3) is 4.34. The molecule has 1 heterocycles. The molecular weight excluding hydrogens is 401 g/mol. The smallest absolute Gasteiger partial charge is 0.255 e. The SMILES string of the molecule is Cc1ccc(NC(=O)c2ccc(CNc3c(N4CCOCC4)c(=O)c3=O)cc2)cc1F. The van der Waals surface area contributed by atoms with Gasteiger partial charge < -0.3 is 20.3 Å². The van der Waals surface area contributed by atoms with E-state index in [-0.39, 0.29) is 11.7 Å². The normalized spacial score (nSPS) is 13.9. The maximum Gasteiger partial charge on any atom is 0.255 e. The molecule has 0 spiro atoms. The molecule has 7 nitrogen and oxygen atoms in total. The molecular formula is C23H22FN3O4. The van der Waals surface area contributed by atoms with E-state index in [0.29, 0.717) is 61.0 Å². The summed E-state index contributed by atoms with van der Waals surface area (Å²) < 4.78 is 18.9. The Kier molecular flexibility index (Phi) is 5.81. The number of benzene rings is 2. The first-order valence-electron chi connectivity index (χ1n) is 10.0. The van der Waals surface area contributed by atoms with Gasteiger partial charge in [-0.15, -0.1) is 0 Å². The molecule has 0 saturated carbocycles. The maximum absolute atomic E-state index is 13.7. The molecule has 0 unspecified atom stereocenters. The monoisotopic (exact) mass is 423 g/mol. The standard InChI is InChI=1S/C23H22FN3O4/c1-14-2-7-17(12-18(14)24)26-23(30)16-5-3-15(4-6-16)13-25-19-20(22(29)21(19)28)27-8-10-31-11-9-27/h2-7,12,25H,8-11,13H2,1H3,(H,26,30). The van der Waals surface area contributed by atoms with E-state index >= 15 is 0 Å². The number of nitrogens with one attached hydrogen (secondary N) is 2. The molecule has 4 rings (SSSR count). The van der Waals surface area contributed by atoms with Gasteiger partial charge in [-0.1, -0.05) is 18.2 Å². The van der Waals surface area contributed by atoms with Gasteiger partial charge in [-0.25, -0.2) is 4.39 Å². The molecule has 1 aliphatic rings. The fraction of sp³-hybridized carbons (Fsp3) is 0.261. The first-order chi connectivity index (χ1) is 14.9. The summed E-state index contributed by atoms with van der Waals surface area (Å²) in [5, 5.41) is 5.71. The van der Waals surface area contributed by atoms with Gasteiger partial charge in [-0.3, -0.25) is 14.4 Å². The Balaban J connectivity index is 1.39. The van der Waals surface area contributed by atoms with E-state index in [4.69, 9.17) is 4.74 Å². The number of carbonyl (C=O) groups excluding carboxylic acids is 1. The fourth-order valence-corrected chi connectivity index (χ4v) is 3.47. The van der Waals surface area contributed by atoms with Crippen LogP contribution in [0.25, 0.3) is 0 Å². The number of ether oxygens (including phenoxy) is 1. The molecule has 3 aromatic carbocycles. The molecule has 1 fully saturated rings. The number of anilines is 3. The number of carbonyl (C=O) groups is 1. The minimum atomic E-state index is -0.511. The van der Waals surface area contributed by atoms with Crippen LogP contribution in [-0.2, 0) is 11.3 Å². The average Bonchev–Trinajstić information content (AvgIpc) is 2.79. The summed E-state index contributed by atoms with van der Waals surface area (Å²) in [4.78, 5) is 38.2. The molecule has 8 heteroatoms. The van der Waals surface area contributed by atoms with Crippen molar-refractivity contribution in [2.75, 3.05) is 41.8 Å². The van der Waals surface area contributed by atoms with Crippen molar-refractivity contribution in [3.8, 4) is 0 Å². The zero-order chi connectivity index (χ0) is 22.0. The summed E-state index contributed by atoms with van der Waals surface area (Å²) in [6.45, 7) is 4.20. The summed E-state index contributed by atoms with van der Waals surface area (Å²) in [5.41, 5.74) is 1.94.